The van der Waals surface area contributed by atoms with Gasteiger partial charge in [-0.15, -0.1) is 11.3 Å². The minimum Gasteiger partial charge on any atom is -0.481 e. The fourth-order valence-corrected chi connectivity index (χ4v) is 2.71. The van der Waals surface area contributed by atoms with Gasteiger partial charge in [0.25, 0.3) is 0 Å². The number of amides is 1. The first-order valence-electron chi connectivity index (χ1n) is 6.97. The molecule has 0 aliphatic heterocycles. The Morgan fingerprint density at radius 1 is 1.29 bits per heavy atom. The van der Waals surface area contributed by atoms with E-state index in [2.05, 4.69) is 31.1 Å². The number of nitrogens with one attached hydrogen (secondary N) is 1. The van der Waals surface area contributed by atoms with Gasteiger partial charge in [0.2, 0.25) is 5.91 Å². The van der Waals surface area contributed by atoms with Crippen LogP contribution < -0.4 is 5.32 Å². The minimum absolute atomic E-state index is 0.0137. The van der Waals surface area contributed by atoms with Crippen molar-refractivity contribution in [2.75, 3.05) is 0 Å². The van der Waals surface area contributed by atoms with E-state index in [1.165, 1.54) is 0 Å². The van der Waals surface area contributed by atoms with E-state index >= 15 is 0 Å². The van der Waals surface area contributed by atoms with E-state index < -0.39 is 11.5 Å². The number of aromatic nitrogens is 1. The number of thiazole rings is 1. The van der Waals surface area contributed by atoms with E-state index in [0.29, 0.717) is 6.42 Å². The molecule has 0 atom stereocenters. The van der Waals surface area contributed by atoms with Crippen molar-refractivity contribution in [1.82, 2.24) is 10.3 Å². The molecule has 0 aliphatic carbocycles. The highest BCUT2D eigenvalue weighted by atomic mass is 32.1. The van der Waals surface area contributed by atoms with Crippen molar-refractivity contribution < 1.29 is 14.7 Å². The number of carbonyl (C=O) groups excluding carboxylic acids is 1. The molecule has 0 spiro atoms. The van der Waals surface area contributed by atoms with Gasteiger partial charge in [-0.1, -0.05) is 20.8 Å². The third-order valence-electron chi connectivity index (χ3n) is 2.98. The molecule has 1 aromatic heterocycles. The van der Waals surface area contributed by atoms with Crippen LogP contribution in [0.4, 0.5) is 0 Å². The minimum atomic E-state index is -0.855. The molecule has 118 valence electrons. The van der Waals surface area contributed by atoms with Gasteiger partial charge < -0.3 is 10.4 Å². The Balaban J connectivity index is 2.57. The van der Waals surface area contributed by atoms with Crippen molar-refractivity contribution in [3.63, 3.8) is 0 Å². The van der Waals surface area contributed by atoms with E-state index in [1.807, 2.05) is 19.2 Å². The number of carboxylic acids is 1. The maximum atomic E-state index is 12.0. The molecule has 1 heterocycles. The zero-order valence-corrected chi connectivity index (χ0v) is 14.1. The molecule has 1 rings (SSSR count). The maximum Gasteiger partial charge on any atom is 0.303 e. The smallest absolute Gasteiger partial charge is 0.303 e. The molecule has 0 unspecified atom stereocenters. The summed E-state index contributed by atoms with van der Waals surface area (Å²) in [5, 5.41) is 14.5. The monoisotopic (exact) mass is 312 g/mol. The molecule has 0 fully saturated rings. The number of carboxylic acid groups (broad SMARTS) is 1. The van der Waals surface area contributed by atoms with Crippen LogP contribution in [0, 0.1) is 0 Å². The van der Waals surface area contributed by atoms with Crippen molar-refractivity contribution in [1.29, 1.82) is 0 Å². The highest BCUT2D eigenvalue weighted by molar-refractivity contribution is 7.09. The standard InChI is InChI=1S/C15H24N2O3S/c1-14(2,3)13-16-10(9-21-13)8-11(18)17-15(4,5)7-6-12(19)20/h9H,6-8H2,1-5H3,(H,17,18)(H,19,20). The topological polar surface area (TPSA) is 79.3 Å². The van der Waals surface area contributed by atoms with Crippen LogP contribution in [0.1, 0.15) is 58.2 Å². The molecule has 21 heavy (non-hydrogen) atoms. The van der Waals surface area contributed by atoms with Crippen molar-refractivity contribution >= 4 is 23.2 Å². The van der Waals surface area contributed by atoms with Crippen molar-refractivity contribution in [2.24, 2.45) is 0 Å². The van der Waals surface area contributed by atoms with E-state index in [4.69, 9.17) is 5.11 Å². The summed E-state index contributed by atoms with van der Waals surface area (Å²) in [6.07, 6.45) is 0.666. The number of carbonyl (C=O) groups is 2. The van der Waals surface area contributed by atoms with Gasteiger partial charge in [0.05, 0.1) is 17.1 Å². The largest absolute Gasteiger partial charge is 0.481 e. The summed E-state index contributed by atoms with van der Waals surface area (Å²) in [5.74, 6) is -0.984. The molecule has 5 nitrogen and oxygen atoms in total. The van der Waals surface area contributed by atoms with Crippen molar-refractivity contribution in [3.05, 3.63) is 16.1 Å². The van der Waals surface area contributed by atoms with E-state index in [-0.39, 0.29) is 24.2 Å². The van der Waals surface area contributed by atoms with Crippen LogP contribution in [-0.4, -0.2) is 27.5 Å². The van der Waals surface area contributed by atoms with Crippen LogP contribution in [0.2, 0.25) is 0 Å². The average Bonchev–Trinajstić information content (AvgIpc) is 2.73. The summed E-state index contributed by atoms with van der Waals surface area (Å²) in [5.41, 5.74) is 0.217. The van der Waals surface area contributed by atoms with Gasteiger partial charge in [0.15, 0.2) is 0 Å². The van der Waals surface area contributed by atoms with Crippen LogP contribution in [0.15, 0.2) is 5.38 Å². The lowest BCUT2D eigenvalue weighted by atomic mass is 9.98. The summed E-state index contributed by atoms with van der Waals surface area (Å²) in [6, 6.07) is 0. The van der Waals surface area contributed by atoms with E-state index in [0.717, 1.165) is 10.7 Å². The molecule has 0 saturated carbocycles. The molecule has 2 N–H and O–H groups in total. The predicted molar refractivity (Wildman–Crippen MR) is 83.6 cm³/mol. The summed E-state index contributed by atoms with van der Waals surface area (Å²) < 4.78 is 0. The van der Waals surface area contributed by atoms with Crippen molar-refractivity contribution in [3.8, 4) is 0 Å². The molecule has 6 heteroatoms. The number of rotatable bonds is 6. The third-order valence-corrected chi connectivity index (χ3v) is 4.29. The maximum absolute atomic E-state index is 12.0. The van der Waals surface area contributed by atoms with Gasteiger partial charge in [0, 0.05) is 22.8 Å². The van der Waals surface area contributed by atoms with Crippen LogP contribution in [0.25, 0.3) is 0 Å². The Labute approximate surface area is 129 Å². The fraction of sp³-hybridized carbons (Fsp3) is 0.667. The fourth-order valence-electron chi connectivity index (χ4n) is 1.80. The van der Waals surface area contributed by atoms with Gasteiger partial charge in [0.1, 0.15) is 0 Å². The Hall–Kier alpha value is -1.43. The SMILES string of the molecule is CC(C)(CCC(=O)O)NC(=O)Cc1csc(C(C)(C)C)n1. The second-order valence-electron chi connectivity index (χ2n) is 6.90. The molecule has 0 aliphatic rings. The zero-order chi connectivity index (χ0) is 16.3. The molecular formula is C15H24N2O3S. The lowest BCUT2D eigenvalue weighted by Crippen LogP contribution is -2.44. The predicted octanol–water partition coefficient (Wildman–Crippen LogP) is 2.74. The second kappa shape index (κ2) is 6.56. The Morgan fingerprint density at radius 2 is 1.90 bits per heavy atom. The lowest BCUT2D eigenvalue weighted by Gasteiger charge is -2.25. The van der Waals surface area contributed by atoms with Crippen LogP contribution in [-0.2, 0) is 21.4 Å². The zero-order valence-electron chi connectivity index (χ0n) is 13.3. The van der Waals surface area contributed by atoms with Crippen LogP contribution in [0.3, 0.4) is 0 Å². The highest BCUT2D eigenvalue weighted by Gasteiger charge is 2.23. The van der Waals surface area contributed by atoms with Gasteiger partial charge in [-0.2, -0.15) is 0 Å². The van der Waals surface area contributed by atoms with Gasteiger partial charge in [-0.3, -0.25) is 9.59 Å². The molecule has 0 aromatic carbocycles. The molecule has 1 aromatic rings. The highest BCUT2D eigenvalue weighted by Crippen LogP contribution is 2.25. The first-order chi connectivity index (χ1) is 9.49. The molecule has 0 radical (unpaired) electrons. The Morgan fingerprint density at radius 3 is 2.38 bits per heavy atom. The first-order valence-corrected chi connectivity index (χ1v) is 7.85. The Kier molecular flexibility index (Phi) is 5.50. The van der Waals surface area contributed by atoms with Crippen molar-refractivity contribution in [2.45, 2.75) is 64.8 Å². The normalized spacial score (nSPS) is 12.2. The lowest BCUT2D eigenvalue weighted by molar-refractivity contribution is -0.137. The first kappa shape index (κ1) is 17.6. The van der Waals surface area contributed by atoms with Crippen LogP contribution in [0.5, 0.6) is 0 Å². The Bertz CT molecular complexity index is 515. The quantitative estimate of drug-likeness (QED) is 0.846. The summed E-state index contributed by atoms with van der Waals surface area (Å²) >= 11 is 1.56. The second-order valence-corrected chi connectivity index (χ2v) is 7.75. The molecule has 0 saturated heterocycles. The average molecular weight is 312 g/mol. The molecule has 1 amide bonds. The number of hydrogen-bond donors (Lipinski definition) is 2. The van der Waals surface area contributed by atoms with E-state index in [9.17, 15) is 9.59 Å². The van der Waals surface area contributed by atoms with Gasteiger partial charge in [-0.05, 0) is 20.3 Å². The van der Waals surface area contributed by atoms with Gasteiger partial charge >= 0.3 is 5.97 Å². The molecular weight excluding hydrogens is 288 g/mol. The van der Waals surface area contributed by atoms with Crippen LogP contribution >= 0.6 is 11.3 Å². The summed E-state index contributed by atoms with van der Waals surface area (Å²) in [4.78, 5) is 27.1. The molecule has 0 bridgehead atoms. The summed E-state index contributed by atoms with van der Waals surface area (Å²) in [6.45, 7) is 9.92. The summed E-state index contributed by atoms with van der Waals surface area (Å²) in [7, 11) is 0. The van der Waals surface area contributed by atoms with Gasteiger partial charge in [-0.25, -0.2) is 4.98 Å². The van der Waals surface area contributed by atoms with E-state index in [1.54, 1.807) is 11.3 Å². The number of hydrogen-bond acceptors (Lipinski definition) is 4. The number of nitrogens with zero attached hydrogens (tertiary/aromatic N) is 1. The number of aliphatic carboxylic acids is 1. The third kappa shape index (κ3) is 6.25.